The second kappa shape index (κ2) is 6.08. The van der Waals surface area contributed by atoms with Crippen LogP contribution in [0.5, 0.6) is 0 Å². The van der Waals surface area contributed by atoms with E-state index >= 15 is 0 Å². The van der Waals surface area contributed by atoms with Crippen LogP contribution < -0.4 is 0 Å². The Hall–Kier alpha value is -1.51. The van der Waals surface area contributed by atoms with Crippen molar-refractivity contribution in [2.45, 2.75) is 11.8 Å². The SMILES string of the molecule is Cc1cc(F)ccc1S(=O)(=O)N1CCN(CC(=O)O)CC1. The maximum atomic E-state index is 13.1. The highest BCUT2D eigenvalue weighted by molar-refractivity contribution is 7.89. The number of sulfonamides is 1. The minimum Gasteiger partial charge on any atom is -0.480 e. The van der Waals surface area contributed by atoms with E-state index in [0.717, 1.165) is 6.07 Å². The van der Waals surface area contributed by atoms with Crippen LogP contribution in [0.4, 0.5) is 4.39 Å². The van der Waals surface area contributed by atoms with E-state index in [-0.39, 0.29) is 24.5 Å². The first kappa shape index (κ1) is 15.9. The lowest BCUT2D eigenvalue weighted by Crippen LogP contribution is -2.49. The molecular weight excluding hydrogens is 299 g/mol. The summed E-state index contributed by atoms with van der Waals surface area (Å²) in [5.41, 5.74) is 0.364. The van der Waals surface area contributed by atoms with E-state index < -0.39 is 21.8 Å². The van der Waals surface area contributed by atoms with Gasteiger partial charge < -0.3 is 5.11 Å². The van der Waals surface area contributed by atoms with Crippen molar-refractivity contribution in [1.82, 2.24) is 9.21 Å². The van der Waals surface area contributed by atoms with E-state index in [1.165, 1.54) is 16.4 Å². The molecule has 0 radical (unpaired) electrons. The van der Waals surface area contributed by atoms with Gasteiger partial charge in [-0.3, -0.25) is 9.69 Å². The molecule has 8 heteroatoms. The molecule has 0 amide bonds. The molecule has 0 unspecified atom stereocenters. The summed E-state index contributed by atoms with van der Waals surface area (Å²) in [4.78, 5) is 12.4. The number of nitrogens with zero attached hydrogens (tertiary/aromatic N) is 2. The molecule has 0 saturated carbocycles. The van der Waals surface area contributed by atoms with Gasteiger partial charge in [-0.05, 0) is 30.7 Å². The summed E-state index contributed by atoms with van der Waals surface area (Å²) in [5.74, 6) is -1.40. The molecule has 1 aliphatic heterocycles. The number of piperazine rings is 1. The Morgan fingerprint density at radius 3 is 2.43 bits per heavy atom. The predicted molar refractivity (Wildman–Crippen MR) is 74.0 cm³/mol. The van der Waals surface area contributed by atoms with Gasteiger partial charge in [0.1, 0.15) is 5.82 Å². The summed E-state index contributed by atoms with van der Waals surface area (Å²) >= 11 is 0. The molecule has 2 rings (SSSR count). The quantitative estimate of drug-likeness (QED) is 0.876. The standard InChI is InChI=1S/C13H17FN2O4S/c1-10-8-11(14)2-3-12(10)21(19,20)16-6-4-15(5-7-16)9-13(17)18/h2-3,8H,4-7,9H2,1H3,(H,17,18). The Balaban J connectivity index is 2.13. The third kappa shape index (κ3) is 3.58. The zero-order chi connectivity index (χ0) is 15.6. The van der Waals surface area contributed by atoms with Gasteiger partial charge in [0, 0.05) is 26.2 Å². The van der Waals surface area contributed by atoms with Crippen molar-refractivity contribution in [1.29, 1.82) is 0 Å². The molecule has 1 N–H and O–H groups in total. The molecule has 1 saturated heterocycles. The Morgan fingerprint density at radius 1 is 1.29 bits per heavy atom. The van der Waals surface area contributed by atoms with Gasteiger partial charge in [-0.25, -0.2) is 12.8 Å². The molecule has 1 aromatic carbocycles. The molecule has 1 aromatic rings. The zero-order valence-electron chi connectivity index (χ0n) is 11.6. The minimum absolute atomic E-state index is 0.0931. The molecule has 116 valence electrons. The lowest BCUT2D eigenvalue weighted by molar-refractivity contribution is -0.138. The first-order chi connectivity index (χ1) is 9.80. The fourth-order valence-corrected chi connectivity index (χ4v) is 3.99. The molecular formula is C13H17FN2O4S. The normalized spacial score (nSPS) is 17.8. The van der Waals surface area contributed by atoms with Crippen molar-refractivity contribution in [2.75, 3.05) is 32.7 Å². The van der Waals surface area contributed by atoms with Crippen molar-refractivity contribution >= 4 is 16.0 Å². The predicted octanol–water partition coefficient (Wildman–Crippen LogP) is 0.525. The summed E-state index contributed by atoms with van der Waals surface area (Å²) in [6.45, 7) is 2.65. The van der Waals surface area contributed by atoms with Crippen LogP contribution in [0.2, 0.25) is 0 Å². The summed E-state index contributed by atoms with van der Waals surface area (Å²) in [6.07, 6.45) is 0. The zero-order valence-corrected chi connectivity index (χ0v) is 12.4. The monoisotopic (exact) mass is 316 g/mol. The van der Waals surface area contributed by atoms with E-state index in [0.29, 0.717) is 18.7 Å². The summed E-state index contributed by atoms with van der Waals surface area (Å²) in [7, 11) is -3.67. The average molecular weight is 316 g/mol. The Morgan fingerprint density at radius 2 is 1.90 bits per heavy atom. The topological polar surface area (TPSA) is 77.9 Å². The summed E-state index contributed by atoms with van der Waals surface area (Å²) in [6, 6.07) is 3.58. The maximum Gasteiger partial charge on any atom is 0.317 e. The van der Waals surface area contributed by atoms with Crippen LogP contribution in [0.1, 0.15) is 5.56 Å². The van der Waals surface area contributed by atoms with Crippen molar-refractivity contribution in [3.63, 3.8) is 0 Å². The molecule has 6 nitrogen and oxygen atoms in total. The number of carboxylic acids is 1. The molecule has 0 bridgehead atoms. The second-order valence-electron chi connectivity index (χ2n) is 4.98. The lowest BCUT2D eigenvalue weighted by atomic mass is 10.2. The number of halogens is 1. The van der Waals surface area contributed by atoms with Crippen LogP contribution in [0.25, 0.3) is 0 Å². The number of rotatable bonds is 4. The molecule has 21 heavy (non-hydrogen) atoms. The number of carbonyl (C=O) groups is 1. The number of hydrogen-bond acceptors (Lipinski definition) is 4. The minimum atomic E-state index is -3.67. The summed E-state index contributed by atoms with van der Waals surface area (Å²) < 4.78 is 39.4. The van der Waals surface area contributed by atoms with E-state index in [1.54, 1.807) is 11.8 Å². The van der Waals surface area contributed by atoms with E-state index in [9.17, 15) is 17.6 Å². The smallest absolute Gasteiger partial charge is 0.317 e. The van der Waals surface area contributed by atoms with Gasteiger partial charge in [-0.2, -0.15) is 4.31 Å². The number of hydrogen-bond donors (Lipinski definition) is 1. The number of aryl methyl sites for hydroxylation is 1. The molecule has 1 fully saturated rings. The van der Waals surface area contributed by atoms with Crippen LogP contribution in [-0.2, 0) is 14.8 Å². The third-order valence-electron chi connectivity index (χ3n) is 3.44. The number of aliphatic carboxylic acids is 1. The second-order valence-corrected chi connectivity index (χ2v) is 6.89. The number of carboxylic acid groups (broad SMARTS) is 1. The van der Waals surface area contributed by atoms with E-state index in [1.807, 2.05) is 0 Å². The Bertz CT molecular complexity index is 640. The van der Waals surface area contributed by atoms with Gasteiger partial charge in [0.2, 0.25) is 10.0 Å². The lowest BCUT2D eigenvalue weighted by Gasteiger charge is -2.33. The molecule has 0 aromatic heterocycles. The molecule has 1 aliphatic rings. The first-order valence-corrected chi connectivity index (χ1v) is 7.95. The molecule has 0 aliphatic carbocycles. The van der Waals surface area contributed by atoms with Gasteiger partial charge in [0.05, 0.1) is 11.4 Å². The fraction of sp³-hybridized carbons (Fsp3) is 0.462. The van der Waals surface area contributed by atoms with Crippen molar-refractivity contribution in [3.05, 3.63) is 29.6 Å². The van der Waals surface area contributed by atoms with Crippen LogP contribution >= 0.6 is 0 Å². The van der Waals surface area contributed by atoms with Crippen molar-refractivity contribution in [2.24, 2.45) is 0 Å². The van der Waals surface area contributed by atoms with E-state index in [2.05, 4.69) is 0 Å². The first-order valence-electron chi connectivity index (χ1n) is 6.51. The molecule has 0 atom stereocenters. The van der Waals surface area contributed by atoms with Crippen LogP contribution in [0, 0.1) is 12.7 Å². The number of benzene rings is 1. The molecule has 0 spiro atoms. The van der Waals surface area contributed by atoms with E-state index in [4.69, 9.17) is 5.11 Å². The van der Waals surface area contributed by atoms with Gasteiger partial charge in [0.15, 0.2) is 0 Å². The van der Waals surface area contributed by atoms with Crippen molar-refractivity contribution in [3.8, 4) is 0 Å². The maximum absolute atomic E-state index is 13.1. The van der Waals surface area contributed by atoms with Gasteiger partial charge >= 0.3 is 5.97 Å². The van der Waals surface area contributed by atoms with Crippen molar-refractivity contribution < 1.29 is 22.7 Å². The fourth-order valence-electron chi connectivity index (χ4n) is 2.36. The van der Waals surface area contributed by atoms with Crippen LogP contribution in [0.3, 0.4) is 0 Å². The third-order valence-corrected chi connectivity index (χ3v) is 5.50. The highest BCUT2D eigenvalue weighted by atomic mass is 32.2. The van der Waals surface area contributed by atoms with Gasteiger partial charge in [-0.1, -0.05) is 0 Å². The average Bonchev–Trinajstić information content (AvgIpc) is 2.38. The van der Waals surface area contributed by atoms with Crippen LogP contribution in [0.15, 0.2) is 23.1 Å². The Labute approximate surface area is 122 Å². The highest BCUT2D eigenvalue weighted by Gasteiger charge is 2.30. The highest BCUT2D eigenvalue weighted by Crippen LogP contribution is 2.21. The van der Waals surface area contributed by atoms with Crippen LogP contribution in [-0.4, -0.2) is 61.4 Å². The summed E-state index contributed by atoms with van der Waals surface area (Å²) in [5, 5.41) is 8.72. The largest absolute Gasteiger partial charge is 0.480 e. The van der Waals surface area contributed by atoms with Gasteiger partial charge in [-0.15, -0.1) is 0 Å². The Kier molecular flexibility index (Phi) is 4.60. The molecule has 1 heterocycles. The van der Waals surface area contributed by atoms with Gasteiger partial charge in [0.25, 0.3) is 0 Å².